The van der Waals surface area contributed by atoms with Crippen LogP contribution in [0.4, 0.5) is 39.5 Å². The van der Waals surface area contributed by atoms with E-state index in [9.17, 15) is 44.3 Å². The van der Waals surface area contributed by atoms with E-state index in [0.29, 0.717) is 0 Å². The van der Waals surface area contributed by atoms with Gasteiger partial charge in [0.1, 0.15) is 0 Å². The Labute approximate surface area is 106 Å². The van der Waals surface area contributed by atoms with Crippen molar-refractivity contribution in [1.29, 1.82) is 0 Å². The molecule has 0 spiro atoms. The number of alkyl halides is 9. The first kappa shape index (κ1) is 18.8. The Balaban J connectivity index is 5.61. The van der Waals surface area contributed by atoms with Gasteiger partial charge in [0.15, 0.2) is 0 Å². The molecular weight excluding hydrogens is 311 g/mol. The predicted octanol–water partition coefficient (Wildman–Crippen LogP) is 2.05. The Morgan fingerprint density at radius 1 is 0.900 bits per heavy atom. The van der Waals surface area contributed by atoms with Crippen molar-refractivity contribution in [3.05, 3.63) is 0 Å². The highest BCUT2D eigenvalue weighted by Gasteiger charge is 2.80. The second kappa shape index (κ2) is 5.30. The van der Waals surface area contributed by atoms with Crippen LogP contribution in [0.2, 0.25) is 0 Å². The summed E-state index contributed by atoms with van der Waals surface area (Å²) < 4.78 is 112. The van der Waals surface area contributed by atoms with E-state index < -0.39 is 48.7 Å². The lowest BCUT2D eigenvalue weighted by Crippen LogP contribution is -2.63. The fraction of sp³-hybridized carbons (Fsp3) is 0.875. The van der Waals surface area contributed by atoms with Crippen molar-refractivity contribution >= 4 is 5.91 Å². The third-order valence-corrected chi connectivity index (χ3v) is 2.31. The van der Waals surface area contributed by atoms with Crippen molar-refractivity contribution < 1.29 is 44.3 Å². The molecule has 0 aromatic heterocycles. The molecule has 0 aromatic carbocycles. The first-order valence-electron chi connectivity index (χ1n) is 4.80. The predicted molar refractivity (Wildman–Crippen MR) is 47.3 cm³/mol. The van der Waals surface area contributed by atoms with E-state index in [1.165, 1.54) is 0 Å². The molecule has 0 rings (SSSR count). The standard InChI is InChI=1S/C8H9F9N2O/c9-5(7(12,13)14,2-3(18)1-4(19)20)6(10,11)8(15,16)17/h3H,1-2,18H2,(H2,19,20). The van der Waals surface area contributed by atoms with E-state index >= 15 is 0 Å². The summed E-state index contributed by atoms with van der Waals surface area (Å²) in [4.78, 5) is 10.3. The molecule has 0 radical (unpaired) electrons. The molecule has 20 heavy (non-hydrogen) atoms. The zero-order chi connectivity index (χ0) is 16.6. The average Bonchev–Trinajstić information content (AvgIpc) is 2.11. The average molecular weight is 320 g/mol. The van der Waals surface area contributed by atoms with Gasteiger partial charge in [0.2, 0.25) is 5.91 Å². The SMILES string of the molecule is NC(=O)CC(N)CC(F)(C(F)(F)F)C(F)(F)C(F)(F)F. The van der Waals surface area contributed by atoms with E-state index in [1.807, 2.05) is 0 Å². The van der Waals surface area contributed by atoms with Crippen LogP contribution in [0, 0.1) is 0 Å². The highest BCUT2D eigenvalue weighted by Crippen LogP contribution is 2.54. The Bertz CT molecular complexity index is 364. The molecule has 1 amide bonds. The van der Waals surface area contributed by atoms with Crippen LogP contribution in [0.5, 0.6) is 0 Å². The Kier molecular flexibility index (Phi) is 4.98. The second-order valence-corrected chi connectivity index (χ2v) is 4.01. The summed E-state index contributed by atoms with van der Waals surface area (Å²) in [5.74, 6) is -8.11. The number of nitrogens with two attached hydrogens (primary N) is 2. The number of rotatable bonds is 5. The van der Waals surface area contributed by atoms with Crippen LogP contribution >= 0.6 is 0 Å². The van der Waals surface area contributed by atoms with E-state index in [-0.39, 0.29) is 0 Å². The number of halogens is 9. The molecule has 0 saturated heterocycles. The third kappa shape index (κ3) is 3.46. The van der Waals surface area contributed by atoms with Gasteiger partial charge in [-0.2, -0.15) is 35.1 Å². The number of hydrogen-bond acceptors (Lipinski definition) is 2. The van der Waals surface area contributed by atoms with Crippen molar-refractivity contribution in [3.8, 4) is 0 Å². The normalized spacial score (nSPS) is 18.5. The maximum Gasteiger partial charge on any atom is 0.457 e. The van der Waals surface area contributed by atoms with Crippen LogP contribution in [-0.4, -0.2) is 35.9 Å². The number of amides is 1. The van der Waals surface area contributed by atoms with Crippen LogP contribution in [0.15, 0.2) is 0 Å². The fourth-order valence-corrected chi connectivity index (χ4v) is 1.34. The number of primary amides is 1. The minimum atomic E-state index is -6.79. The zero-order valence-electron chi connectivity index (χ0n) is 9.46. The lowest BCUT2D eigenvalue weighted by Gasteiger charge is -2.37. The summed E-state index contributed by atoms with van der Waals surface area (Å²) in [5, 5.41) is 0. The van der Waals surface area contributed by atoms with Crippen molar-refractivity contribution in [3.63, 3.8) is 0 Å². The summed E-state index contributed by atoms with van der Waals surface area (Å²) in [5.41, 5.74) is 3.27. The van der Waals surface area contributed by atoms with Crippen molar-refractivity contribution in [2.75, 3.05) is 0 Å². The van der Waals surface area contributed by atoms with E-state index in [0.717, 1.165) is 0 Å². The van der Waals surface area contributed by atoms with Crippen molar-refractivity contribution in [1.82, 2.24) is 0 Å². The molecule has 0 fully saturated rings. The topological polar surface area (TPSA) is 69.1 Å². The summed E-state index contributed by atoms with van der Waals surface area (Å²) in [6.45, 7) is 0. The van der Waals surface area contributed by atoms with Crippen molar-refractivity contribution in [2.24, 2.45) is 11.5 Å². The molecule has 0 aliphatic rings. The molecule has 0 bridgehead atoms. The highest BCUT2D eigenvalue weighted by molar-refractivity contribution is 5.74. The maximum absolute atomic E-state index is 13.4. The lowest BCUT2D eigenvalue weighted by atomic mass is 9.87. The number of hydrogen-bond donors (Lipinski definition) is 2. The first-order valence-corrected chi connectivity index (χ1v) is 4.80. The Morgan fingerprint density at radius 2 is 1.30 bits per heavy atom. The Morgan fingerprint density at radius 3 is 1.55 bits per heavy atom. The van der Waals surface area contributed by atoms with Crippen LogP contribution in [0.1, 0.15) is 12.8 Å². The van der Waals surface area contributed by atoms with E-state index in [1.54, 1.807) is 0 Å². The maximum atomic E-state index is 13.4. The zero-order valence-corrected chi connectivity index (χ0v) is 9.46. The number of carbonyl (C=O) groups excluding carboxylic acids is 1. The van der Waals surface area contributed by atoms with Gasteiger partial charge in [-0.1, -0.05) is 0 Å². The molecule has 12 heteroatoms. The van der Waals surface area contributed by atoms with Crippen LogP contribution < -0.4 is 11.5 Å². The molecule has 0 aliphatic heterocycles. The summed E-state index contributed by atoms with van der Waals surface area (Å²) in [6.07, 6.45) is -17.0. The molecule has 120 valence electrons. The fourth-order valence-electron chi connectivity index (χ4n) is 1.34. The van der Waals surface area contributed by atoms with E-state index in [4.69, 9.17) is 5.73 Å². The van der Waals surface area contributed by atoms with Gasteiger partial charge < -0.3 is 11.5 Å². The van der Waals surface area contributed by atoms with Crippen molar-refractivity contribution in [2.45, 2.75) is 42.8 Å². The molecular formula is C8H9F9N2O. The quantitative estimate of drug-likeness (QED) is 0.761. The molecule has 0 aromatic rings. The summed E-state index contributed by atoms with van der Waals surface area (Å²) >= 11 is 0. The minimum absolute atomic E-state index is 1.18. The highest BCUT2D eigenvalue weighted by atomic mass is 19.4. The van der Waals surface area contributed by atoms with Gasteiger partial charge >= 0.3 is 18.3 Å². The largest absolute Gasteiger partial charge is 0.457 e. The van der Waals surface area contributed by atoms with Gasteiger partial charge in [0.05, 0.1) is 0 Å². The summed E-state index contributed by atoms with van der Waals surface area (Å²) in [6, 6.07) is -2.26. The molecule has 0 aliphatic carbocycles. The third-order valence-electron chi connectivity index (χ3n) is 2.31. The van der Waals surface area contributed by atoms with Crippen LogP contribution in [-0.2, 0) is 4.79 Å². The van der Waals surface area contributed by atoms with E-state index in [2.05, 4.69) is 5.73 Å². The summed E-state index contributed by atoms with van der Waals surface area (Å²) in [7, 11) is 0. The minimum Gasteiger partial charge on any atom is -0.370 e. The van der Waals surface area contributed by atoms with Gasteiger partial charge in [-0.3, -0.25) is 4.79 Å². The van der Waals surface area contributed by atoms with Gasteiger partial charge in [0, 0.05) is 18.9 Å². The molecule has 4 N–H and O–H groups in total. The Hall–Kier alpha value is -1.20. The molecule has 3 nitrogen and oxygen atoms in total. The van der Waals surface area contributed by atoms with Gasteiger partial charge in [-0.05, 0) is 0 Å². The molecule has 0 saturated carbocycles. The molecule has 2 atom stereocenters. The molecule has 0 heterocycles. The second-order valence-electron chi connectivity index (χ2n) is 4.01. The van der Waals surface area contributed by atoms with Gasteiger partial charge in [0.25, 0.3) is 5.67 Å². The van der Waals surface area contributed by atoms with Gasteiger partial charge in [-0.25, -0.2) is 4.39 Å². The smallest absolute Gasteiger partial charge is 0.370 e. The van der Waals surface area contributed by atoms with Gasteiger partial charge in [-0.15, -0.1) is 0 Å². The number of carbonyl (C=O) groups is 1. The first-order chi connectivity index (χ1) is 8.56. The monoisotopic (exact) mass is 320 g/mol. The van der Waals surface area contributed by atoms with Crippen LogP contribution in [0.25, 0.3) is 0 Å². The van der Waals surface area contributed by atoms with Crippen LogP contribution in [0.3, 0.4) is 0 Å². The molecule has 2 unspecified atom stereocenters. The lowest BCUT2D eigenvalue weighted by molar-refractivity contribution is -0.385.